The van der Waals surface area contributed by atoms with Gasteiger partial charge < -0.3 is 11.1 Å². The molecule has 0 aromatic rings. The average molecular weight is 170 g/mol. The first-order valence-electron chi connectivity index (χ1n) is 4.32. The Hall–Kier alpha value is -0.760. The van der Waals surface area contributed by atoms with Crippen LogP contribution >= 0.6 is 0 Å². The van der Waals surface area contributed by atoms with E-state index < -0.39 is 0 Å². The van der Waals surface area contributed by atoms with Gasteiger partial charge in [0.15, 0.2) is 0 Å². The third-order valence-corrected chi connectivity index (χ3v) is 1.06. The Morgan fingerprint density at radius 2 is 2.00 bits per heavy atom. The van der Waals surface area contributed by atoms with Crippen LogP contribution in [0.3, 0.4) is 0 Å². The highest BCUT2D eigenvalue weighted by atomic mass is 14.8. The Morgan fingerprint density at radius 3 is 2.25 bits per heavy atom. The van der Waals surface area contributed by atoms with Crippen molar-refractivity contribution >= 4 is 0 Å². The van der Waals surface area contributed by atoms with E-state index >= 15 is 0 Å². The van der Waals surface area contributed by atoms with Gasteiger partial charge in [-0.2, -0.15) is 0 Å². The lowest BCUT2D eigenvalue weighted by atomic mass is 10.2. The predicted octanol–water partition coefficient (Wildman–Crippen LogP) is 1.90. The quantitative estimate of drug-likeness (QED) is 0.632. The molecule has 0 atom stereocenters. The molecule has 0 saturated heterocycles. The molecule has 0 bridgehead atoms. The summed E-state index contributed by atoms with van der Waals surface area (Å²) in [5.41, 5.74) is 5.17. The van der Waals surface area contributed by atoms with Crippen LogP contribution in [0.5, 0.6) is 0 Å². The molecule has 0 aromatic carbocycles. The molecule has 2 nitrogen and oxygen atoms in total. The van der Waals surface area contributed by atoms with Crippen LogP contribution in [0.2, 0.25) is 0 Å². The van der Waals surface area contributed by atoms with Gasteiger partial charge in [-0.3, -0.25) is 0 Å². The van der Waals surface area contributed by atoms with Crippen LogP contribution in [-0.2, 0) is 0 Å². The number of hydrogen-bond donors (Lipinski definition) is 2. The summed E-state index contributed by atoms with van der Waals surface area (Å²) in [6.45, 7) is 8.55. The zero-order chi connectivity index (χ0) is 9.82. The van der Waals surface area contributed by atoms with Gasteiger partial charge in [0, 0.05) is 7.05 Å². The van der Waals surface area contributed by atoms with Crippen molar-refractivity contribution in [1.82, 2.24) is 5.32 Å². The lowest BCUT2D eigenvalue weighted by molar-refractivity contribution is 0.664. The number of nitrogens with two attached hydrogens (primary N) is 1. The maximum Gasteiger partial charge on any atom is 0.00276 e. The minimum atomic E-state index is 0.662. The van der Waals surface area contributed by atoms with Crippen molar-refractivity contribution in [3.05, 3.63) is 24.9 Å². The minimum Gasteiger partial charge on any atom is -0.394 e. The standard InChI is InChI=1S/C6H11N.C4H11N/c1-3-4-5-6-7-2;1-4(2)3-5/h3,5-7H,1,4H2,2H3;4H,3,5H2,1-2H3/b6-5-;. The summed E-state index contributed by atoms with van der Waals surface area (Å²) in [5, 5.41) is 2.87. The van der Waals surface area contributed by atoms with Gasteiger partial charge in [-0.1, -0.05) is 26.0 Å². The molecule has 3 N–H and O–H groups in total. The molecule has 0 saturated carbocycles. The second-order valence-electron chi connectivity index (χ2n) is 2.84. The van der Waals surface area contributed by atoms with Gasteiger partial charge in [0.2, 0.25) is 0 Å². The fraction of sp³-hybridized carbons (Fsp3) is 0.600. The molecule has 0 radical (unpaired) electrons. The van der Waals surface area contributed by atoms with E-state index in [0.29, 0.717) is 5.92 Å². The van der Waals surface area contributed by atoms with Gasteiger partial charge in [-0.05, 0) is 25.1 Å². The Balaban J connectivity index is 0. The molecule has 12 heavy (non-hydrogen) atoms. The number of hydrogen-bond acceptors (Lipinski definition) is 2. The van der Waals surface area contributed by atoms with Crippen molar-refractivity contribution in [2.45, 2.75) is 20.3 Å². The average Bonchev–Trinajstić information content (AvgIpc) is 2.07. The lowest BCUT2D eigenvalue weighted by Gasteiger charge is -1.91. The largest absolute Gasteiger partial charge is 0.394 e. The Bertz CT molecular complexity index is 106. The SMILES string of the molecule is C=CC/C=C\NC.CC(C)CN. The number of rotatable bonds is 4. The molecule has 0 aliphatic rings. The van der Waals surface area contributed by atoms with Gasteiger partial charge in [0.25, 0.3) is 0 Å². The van der Waals surface area contributed by atoms with Crippen molar-refractivity contribution < 1.29 is 0 Å². The van der Waals surface area contributed by atoms with E-state index in [2.05, 4.69) is 25.7 Å². The van der Waals surface area contributed by atoms with E-state index in [1.165, 1.54) is 0 Å². The Labute approximate surface area is 76.5 Å². The molecular weight excluding hydrogens is 148 g/mol. The molecule has 0 amide bonds. The highest BCUT2D eigenvalue weighted by molar-refractivity contribution is 4.85. The van der Waals surface area contributed by atoms with Crippen molar-refractivity contribution in [3.63, 3.8) is 0 Å². The fourth-order valence-corrected chi connectivity index (χ4v) is 0.282. The molecule has 2 heteroatoms. The van der Waals surface area contributed by atoms with Crippen LogP contribution in [0.4, 0.5) is 0 Å². The van der Waals surface area contributed by atoms with Crippen molar-refractivity contribution in [3.8, 4) is 0 Å². The van der Waals surface area contributed by atoms with E-state index in [0.717, 1.165) is 13.0 Å². The molecule has 0 aliphatic heterocycles. The van der Waals surface area contributed by atoms with Gasteiger partial charge >= 0.3 is 0 Å². The maximum atomic E-state index is 5.17. The Morgan fingerprint density at radius 1 is 1.50 bits per heavy atom. The molecule has 72 valence electrons. The van der Waals surface area contributed by atoms with Gasteiger partial charge in [-0.15, -0.1) is 6.58 Å². The summed E-state index contributed by atoms with van der Waals surface area (Å²) in [6, 6.07) is 0. The zero-order valence-corrected chi connectivity index (χ0v) is 8.51. The van der Waals surface area contributed by atoms with Crippen molar-refractivity contribution in [2.24, 2.45) is 11.7 Å². The summed E-state index contributed by atoms with van der Waals surface area (Å²) in [6.07, 6.45) is 6.70. The normalized spacial score (nSPS) is 9.42. The molecule has 0 fully saturated rings. The highest BCUT2D eigenvalue weighted by Crippen LogP contribution is 1.81. The van der Waals surface area contributed by atoms with E-state index in [4.69, 9.17) is 5.73 Å². The van der Waals surface area contributed by atoms with Crippen LogP contribution in [0, 0.1) is 5.92 Å². The van der Waals surface area contributed by atoms with E-state index in [-0.39, 0.29) is 0 Å². The van der Waals surface area contributed by atoms with Crippen LogP contribution in [0.25, 0.3) is 0 Å². The first-order valence-corrected chi connectivity index (χ1v) is 4.32. The van der Waals surface area contributed by atoms with Gasteiger partial charge in [-0.25, -0.2) is 0 Å². The van der Waals surface area contributed by atoms with Gasteiger partial charge in [0.1, 0.15) is 0 Å². The summed E-state index contributed by atoms with van der Waals surface area (Å²) < 4.78 is 0. The maximum absolute atomic E-state index is 5.17. The van der Waals surface area contributed by atoms with Crippen LogP contribution in [-0.4, -0.2) is 13.6 Å². The topological polar surface area (TPSA) is 38.0 Å². The predicted molar refractivity (Wildman–Crippen MR) is 56.9 cm³/mol. The first kappa shape index (κ1) is 13.8. The van der Waals surface area contributed by atoms with E-state index in [1.54, 1.807) is 0 Å². The van der Waals surface area contributed by atoms with Crippen LogP contribution < -0.4 is 11.1 Å². The van der Waals surface area contributed by atoms with Crippen LogP contribution in [0.15, 0.2) is 24.9 Å². The Kier molecular flexibility index (Phi) is 14.8. The van der Waals surface area contributed by atoms with Gasteiger partial charge in [0.05, 0.1) is 0 Å². The smallest absolute Gasteiger partial charge is 0.00276 e. The van der Waals surface area contributed by atoms with Crippen LogP contribution in [0.1, 0.15) is 20.3 Å². The molecule has 0 aliphatic carbocycles. The summed E-state index contributed by atoms with van der Waals surface area (Å²) in [4.78, 5) is 0. The molecule has 0 aromatic heterocycles. The minimum absolute atomic E-state index is 0.662. The second-order valence-corrected chi connectivity index (χ2v) is 2.84. The van der Waals surface area contributed by atoms with E-state index in [9.17, 15) is 0 Å². The summed E-state index contributed by atoms with van der Waals surface area (Å²) in [7, 11) is 1.87. The third-order valence-electron chi connectivity index (χ3n) is 1.06. The number of nitrogens with one attached hydrogen (secondary N) is 1. The molecule has 0 heterocycles. The van der Waals surface area contributed by atoms with E-state index in [1.807, 2.05) is 25.4 Å². The monoisotopic (exact) mass is 170 g/mol. The lowest BCUT2D eigenvalue weighted by Crippen LogP contribution is -2.05. The zero-order valence-electron chi connectivity index (χ0n) is 8.51. The molecule has 0 rings (SSSR count). The summed E-state index contributed by atoms with van der Waals surface area (Å²) >= 11 is 0. The van der Waals surface area contributed by atoms with Crippen molar-refractivity contribution in [2.75, 3.05) is 13.6 Å². The fourth-order valence-electron chi connectivity index (χ4n) is 0.282. The van der Waals surface area contributed by atoms with Crippen molar-refractivity contribution in [1.29, 1.82) is 0 Å². The molecular formula is C10H22N2. The number of allylic oxidation sites excluding steroid dienone is 2. The third kappa shape index (κ3) is 22.8. The second kappa shape index (κ2) is 12.9. The summed E-state index contributed by atoms with van der Waals surface area (Å²) in [5.74, 6) is 0.662. The molecule has 0 unspecified atom stereocenters. The highest BCUT2D eigenvalue weighted by Gasteiger charge is 1.80. The first-order chi connectivity index (χ1) is 5.68. The molecule has 0 spiro atoms.